The van der Waals surface area contributed by atoms with Crippen molar-refractivity contribution in [3.8, 4) is 5.75 Å². The summed E-state index contributed by atoms with van der Waals surface area (Å²) in [5.74, 6) is -1.39. The van der Waals surface area contributed by atoms with Crippen LogP contribution in [-0.4, -0.2) is 29.6 Å². The Morgan fingerprint density at radius 1 is 1.38 bits per heavy atom. The lowest BCUT2D eigenvalue weighted by Crippen LogP contribution is -2.36. The van der Waals surface area contributed by atoms with Crippen molar-refractivity contribution in [1.82, 2.24) is 5.32 Å². The van der Waals surface area contributed by atoms with Gasteiger partial charge in [0.2, 0.25) is 0 Å². The highest BCUT2D eigenvalue weighted by molar-refractivity contribution is 6.30. The first kappa shape index (κ1) is 18.3. The molecule has 1 atom stereocenters. The topological polar surface area (TPSA) is 75.6 Å². The van der Waals surface area contributed by atoms with E-state index in [0.29, 0.717) is 11.6 Å². The van der Waals surface area contributed by atoms with Crippen LogP contribution in [0.15, 0.2) is 29.8 Å². The normalized spacial score (nSPS) is 15.3. The smallest absolute Gasteiger partial charge is 0.342 e. The maximum absolute atomic E-state index is 12.0. The van der Waals surface area contributed by atoms with Crippen molar-refractivity contribution in [2.75, 3.05) is 6.54 Å². The predicted octanol–water partition coefficient (Wildman–Crippen LogP) is 3.60. The number of halogens is 1. The maximum Gasteiger partial charge on any atom is 0.342 e. The van der Waals surface area contributed by atoms with Crippen molar-refractivity contribution in [3.05, 3.63) is 40.4 Å². The second kappa shape index (κ2) is 8.73. The third-order valence-electron chi connectivity index (χ3n) is 3.96. The number of amides is 1. The van der Waals surface area contributed by atoms with Gasteiger partial charge < -0.3 is 15.2 Å². The lowest BCUT2D eigenvalue weighted by atomic mass is 9.97. The minimum atomic E-state index is -0.937. The number of aromatic hydroxyl groups is 1. The molecule has 0 heterocycles. The van der Waals surface area contributed by atoms with E-state index in [1.165, 1.54) is 43.5 Å². The number of phenolic OH excluding ortho intramolecular Hbond substituents is 1. The van der Waals surface area contributed by atoms with E-state index in [-0.39, 0.29) is 17.2 Å². The number of benzene rings is 1. The van der Waals surface area contributed by atoms with Gasteiger partial charge in [0, 0.05) is 11.6 Å². The highest BCUT2D eigenvalue weighted by Crippen LogP contribution is 2.23. The molecule has 0 aromatic heterocycles. The first-order valence-corrected chi connectivity index (χ1v) is 8.50. The number of nitrogens with one attached hydrogen (secondary N) is 1. The Bertz CT molecular complexity index is 642. The number of rotatable bonds is 6. The average molecular weight is 352 g/mol. The fraction of sp³-hybridized carbons (Fsp3) is 0.444. The van der Waals surface area contributed by atoms with Crippen molar-refractivity contribution in [3.63, 3.8) is 0 Å². The zero-order valence-electron chi connectivity index (χ0n) is 13.7. The van der Waals surface area contributed by atoms with Crippen LogP contribution in [-0.2, 0) is 9.53 Å². The van der Waals surface area contributed by atoms with Crippen molar-refractivity contribution < 1.29 is 19.4 Å². The number of hydrogen-bond acceptors (Lipinski definition) is 4. The molecule has 1 aromatic carbocycles. The Balaban J connectivity index is 1.80. The van der Waals surface area contributed by atoms with E-state index >= 15 is 0 Å². The lowest BCUT2D eigenvalue weighted by Gasteiger charge is -2.16. The zero-order chi connectivity index (χ0) is 17.5. The van der Waals surface area contributed by atoms with Gasteiger partial charge in [0.1, 0.15) is 11.3 Å². The molecule has 6 heteroatoms. The van der Waals surface area contributed by atoms with Gasteiger partial charge in [-0.1, -0.05) is 23.3 Å². The van der Waals surface area contributed by atoms with Crippen LogP contribution in [0, 0.1) is 0 Å². The molecular weight excluding hydrogens is 330 g/mol. The third kappa shape index (κ3) is 5.27. The van der Waals surface area contributed by atoms with Gasteiger partial charge in [-0.3, -0.25) is 4.79 Å². The molecule has 1 amide bonds. The molecule has 1 aliphatic carbocycles. The summed E-state index contributed by atoms with van der Waals surface area (Å²) in [6, 6.07) is 4.08. The van der Waals surface area contributed by atoms with Crippen molar-refractivity contribution in [2.24, 2.45) is 0 Å². The van der Waals surface area contributed by atoms with Gasteiger partial charge in [-0.2, -0.15) is 0 Å². The number of esters is 1. The van der Waals surface area contributed by atoms with Gasteiger partial charge in [0.05, 0.1) is 0 Å². The number of phenols is 1. The molecule has 1 aliphatic rings. The van der Waals surface area contributed by atoms with Gasteiger partial charge in [-0.15, -0.1) is 0 Å². The molecule has 2 N–H and O–H groups in total. The summed E-state index contributed by atoms with van der Waals surface area (Å²) in [6.07, 6.45) is 6.77. The van der Waals surface area contributed by atoms with Crippen molar-refractivity contribution in [1.29, 1.82) is 0 Å². The zero-order valence-corrected chi connectivity index (χ0v) is 14.4. The summed E-state index contributed by atoms with van der Waals surface area (Å²) < 4.78 is 5.09. The summed E-state index contributed by atoms with van der Waals surface area (Å²) in [6.45, 7) is 2.03. The van der Waals surface area contributed by atoms with Crippen LogP contribution >= 0.6 is 11.6 Å². The standard InChI is InChI=1S/C18H22ClNO4/c1-12(17(22)20-10-9-13-5-3-2-4-6-13)24-18(23)15-8-7-14(19)11-16(15)21/h5,7-8,11-12,21H,2-4,6,9-10H2,1H3,(H,20,22)/t12-/m0/s1. The molecule has 0 saturated carbocycles. The molecule has 0 radical (unpaired) electrons. The van der Waals surface area contributed by atoms with Crippen LogP contribution in [0.5, 0.6) is 5.75 Å². The fourth-order valence-corrected chi connectivity index (χ4v) is 2.74. The largest absolute Gasteiger partial charge is 0.507 e. The van der Waals surface area contributed by atoms with Gasteiger partial charge >= 0.3 is 5.97 Å². The number of ether oxygens (including phenoxy) is 1. The summed E-state index contributed by atoms with van der Waals surface area (Å²) in [5.41, 5.74) is 1.35. The van der Waals surface area contributed by atoms with E-state index in [0.717, 1.165) is 19.3 Å². The van der Waals surface area contributed by atoms with Crippen LogP contribution in [0.1, 0.15) is 49.4 Å². The monoisotopic (exact) mass is 351 g/mol. The molecule has 0 unspecified atom stereocenters. The van der Waals surface area contributed by atoms with Gasteiger partial charge in [0.15, 0.2) is 6.10 Å². The number of carbonyl (C=O) groups excluding carboxylic acids is 2. The molecule has 130 valence electrons. The van der Waals surface area contributed by atoms with E-state index in [4.69, 9.17) is 16.3 Å². The summed E-state index contributed by atoms with van der Waals surface area (Å²) >= 11 is 5.72. The molecule has 0 spiro atoms. The van der Waals surface area contributed by atoms with E-state index < -0.39 is 12.1 Å². The number of allylic oxidation sites excluding steroid dienone is 1. The molecule has 0 aliphatic heterocycles. The Hall–Kier alpha value is -2.01. The molecule has 24 heavy (non-hydrogen) atoms. The second-order valence-electron chi connectivity index (χ2n) is 5.86. The number of hydrogen-bond donors (Lipinski definition) is 2. The second-order valence-corrected chi connectivity index (χ2v) is 6.29. The van der Waals surface area contributed by atoms with Crippen LogP contribution in [0.3, 0.4) is 0 Å². The van der Waals surface area contributed by atoms with Crippen LogP contribution in [0.4, 0.5) is 0 Å². The van der Waals surface area contributed by atoms with Crippen molar-refractivity contribution in [2.45, 2.75) is 45.1 Å². The number of carbonyl (C=O) groups is 2. The SMILES string of the molecule is C[C@H](OC(=O)c1ccc(Cl)cc1O)C(=O)NCCC1=CCCCC1. The van der Waals surface area contributed by atoms with E-state index in [2.05, 4.69) is 11.4 Å². The Labute approximate surface area is 146 Å². The quantitative estimate of drug-likeness (QED) is 0.606. The highest BCUT2D eigenvalue weighted by Gasteiger charge is 2.20. The van der Waals surface area contributed by atoms with Gasteiger partial charge in [0.25, 0.3) is 5.91 Å². The fourth-order valence-electron chi connectivity index (χ4n) is 2.58. The van der Waals surface area contributed by atoms with Crippen molar-refractivity contribution >= 4 is 23.5 Å². The van der Waals surface area contributed by atoms with Crippen LogP contribution < -0.4 is 5.32 Å². The Kier molecular flexibility index (Phi) is 6.67. The predicted molar refractivity (Wildman–Crippen MR) is 92.2 cm³/mol. The molecular formula is C18H22ClNO4. The molecule has 0 bridgehead atoms. The van der Waals surface area contributed by atoms with Gasteiger partial charge in [-0.05, 0) is 57.2 Å². The van der Waals surface area contributed by atoms with E-state index in [9.17, 15) is 14.7 Å². The first-order valence-electron chi connectivity index (χ1n) is 8.12. The van der Waals surface area contributed by atoms with E-state index in [1.54, 1.807) is 0 Å². The average Bonchev–Trinajstić information content (AvgIpc) is 2.55. The Morgan fingerprint density at radius 3 is 2.83 bits per heavy atom. The summed E-state index contributed by atoms with van der Waals surface area (Å²) in [5, 5.41) is 12.8. The summed E-state index contributed by atoms with van der Waals surface area (Å²) in [7, 11) is 0. The minimum absolute atomic E-state index is 0.0218. The summed E-state index contributed by atoms with van der Waals surface area (Å²) in [4.78, 5) is 24.0. The van der Waals surface area contributed by atoms with E-state index in [1.807, 2.05) is 0 Å². The highest BCUT2D eigenvalue weighted by atomic mass is 35.5. The molecule has 0 fully saturated rings. The first-order chi connectivity index (χ1) is 11.5. The molecule has 2 rings (SSSR count). The molecule has 5 nitrogen and oxygen atoms in total. The molecule has 1 aromatic rings. The lowest BCUT2D eigenvalue weighted by molar-refractivity contribution is -0.129. The van der Waals surface area contributed by atoms with Crippen LogP contribution in [0.2, 0.25) is 5.02 Å². The third-order valence-corrected chi connectivity index (χ3v) is 4.20. The van der Waals surface area contributed by atoms with Crippen LogP contribution in [0.25, 0.3) is 0 Å². The maximum atomic E-state index is 12.0. The Morgan fingerprint density at radius 2 is 2.17 bits per heavy atom. The molecule has 0 saturated heterocycles. The van der Waals surface area contributed by atoms with Gasteiger partial charge in [-0.25, -0.2) is 4.79 Å². The minimum Gasteiger partial charge on any atom is -0.507 e.